The van der Waals surface area contributed by atoms with E-state index in [-0.39, 0.29) is 17.4 Å². The van der Waals surface area contributed by atoms with E-state index in [2.05, 4.69) is 10.1 Å². The number of alkyl halides is 3. The predicted molar refractivity (Wildman–Crippen MR) is 112 cm³/mol. The summed E-state index contributed by atoms with van der Waals surface area (Å²) in [6.45, 7) is 2.47. The van der Waals surface area contributed by atoms with Gasteiger partial charge in [-0.15, -0.1) is 0 Å². The fourth-order valence-electron chi connectivity index (χ4n) is 3.41. The van der Waals surface area contributed by atoms with Crippen LogP contribution in [0.3, 0.4) is 0 Å². The summed E-state index contributed by atoms with van der Waals surface area (Å²) in [5.74, 6) is 0.216. The Kier molecular flexibility index (Phi) is 6.41. The lowest BCUT2D eigenvalue weighted by molar-refractivity contribution is -0.137. The number of halogens is 5. The Morgan fingerprint density at radius 2 is 1.81 bits per heavy atom. The minimum absolute atomic E-state index is 0.0253. The highest BCUT2D eigenvalue weighted by Gasteiger charge is 2.31. The number of nitrogens with zero attached hydrogens (tertiary/aromatic N) is 4. The SMILES string of the molecule is O=C(c1ccc(Cl)cc1Cl)N1CCN(Cc2noc(-c3cccc(C(F)(F)F)c3)n2)CC1. The van der Waals surface area contributed by atoms with Gasteiger partial charge in [0, 0.05) is 36.8 Å². The molecule has 3 aromatic rings. The predicted octanol–water partition coefficient (Wildman–Crippen LogP) is 5.02. The van der Waals surface area contributed by atoms with Crippen molar-refractivity contribution in [3.05, 3.63) is 69.5 Å². The standard InChI is InChI=1S/C21H17Cl2F3N4O2/c22-15-4-5-16(17(23)11-15)20(31)30-8-6-29(7-9-30)12-18-27-19(32-28-18)13-2-1-3-14(10-13)21(24,25)26/h1-5,10-11H,6-9,12H2. The molecular formula is C21H17Cl2F3N4O2. The molecule has 1 amide bonds. The minimum atomic E-state index is -4.45. The van der Waals surface area contributed by atoms with Crippen molar-refractivity contribution in [1.29, 1.82) is 0 Å². The highest BCUT2D eigenvalue weighted by atomic mass is 35.5. The van der Waals surface area contributed by atoms with Crippen molar-refractivity contribution in [2.75, 3.05) is 26.2 Å². The molecule has 0 spiro atoms. The number of aromatic nitrogens is 2. The van der Waals surface area contributed by atoms with Gasteiger partial charge in [-0.05, 0) is 36.4 Å². The van der Waals surface area contributed by atoms with Crippen molar-refractivity contribution in [2.45, 2.75) is 12.7 Å². The van der Waals surface area contributed by atoms with Crippen LogP contribution in [0.2, 0.25) is 10.0 Å². The molecular weight excluding hydrogens is 468 g/mol. The van der Waals surface area contributed by atoms with E-state index in [1.807, 2.05) is 4.90 Å². The summed E-state index contributed by atoms with van der Waals surface area (Å²) >= 11 is 12.0. The first-order valence-electron chi connectivity index (χ1n) is 9.67. The van der Waals surface area contributed by atoms with Crippen LogP contribution >= 0.6 is 23.2 Å². The number of amides is 1. The highest BCUT2D eigenvalue weighted by Crippen LogP contribution is 2.31. The first-order valence-corrected chi connectivity index (χ1v) is 10.4. The van der Waals surface area contributed by atoms with E-state index in [1.54, 1.807) is 17.0 Å². The van der Waals surface area contributed by atoms with Gasteiger partial charge < -0.3 is 9.42 Å². The fraction of sp³-hybridized carbons (Fsp3) is 0.286. The lowest BCUT2D eigenvalue weighted by Gasteiger charge is -2.34. The number of carbonyl (C=O) groups is 1. The molecule has 0 saturated carbocycles. The Balaban J connectivity index is 1.36. The molecule has 1 aliphatic rings. The second kappa shape index (κ2) is 9.09. The topological polar surface area (TPSA) is 62.5 Å². The van der Waals surface area contributed by atoms with Crippen LogP contribution < -0.4 is 0 Å². The average molecular weight is 485 g/mol. The van der Waals surface area contributed by atoms with E-state index < -0.39 is 11.7 Å². The van der Waals surface area contributed by atoms with Crippen LogP contribution in [0.25, 0.3) is 11.5 Å². The second-order valence-electron chi connectivity index (χ2n) is 7.29. The Morgan fingerprint density at radius 3 is 2.50 bits per heavy atom. The van der Waals surface area contributed by atoms with E-state index >= 15 is 0 Å². The third-order valence-electron chi connectivity index (χ3n) is 5.09. The minimum Gasteiger partial charge on any atom is -0.336 e. The third-order valence-corrected chi connectivity index (χ3v) is 5.64. The molecule has 0 aliphatic carbocycles. The maximum absolute atomic E-state index is 12.9. The maximum Gasteiger partial charge on any atom is 0.416 e. The van der Waals surface area contributed by atoms with Crippen LogP contribution in [0, 0.1) is 0 Å². The van der Waals surface area contributed by atoms with Gasteiger partial charge in [0.1, 0.15) is 0 Å². The fourth-order valence-corrected chi connectivity index (χ4v) is 3.90. The lowest BCUT2D eigenvalue weighted by atomic mass is 10.1. The summed E-state index contributed by atoms with van der Waals surface area (Å²) < 4.78 is 43.9. The molecule has 1 saturated heterocycles. The van der Waals surface area contributed by atoms with E-state index in [1.165, 1.54) is 18.2 Å². The van der Waals surface area contributed by atoms with E-state index in [0.29, 0.717) is 54.2 Å². The normalized spacial score (nSPS) is 15.2. The number of hydrogen-bond donors (Lipinski definition) is 0. The van der Waals surface area contributed by atoms with Gasteiger partial charge in [0.05, 0.1) is 22.7 Å². The van der Waals surface area contributed by atoms with Crippen molar-refractivity contribution in [3.63, 3.8) is 0 Å². The van der Waals surface area contributed by atoms with Crippen LogP contribution in [-0.4, -0.2) is 52.0 Å². The molecule has 1 fully saturated rings. The van der Waals surface area contributed by atoms with Crippen LogP contribution in [-0.2, 0) is 12.7 Å². The van der Waals surface area contributed by atoms with Gasteiger partial charge in [0.15, 0.2) is 5.82 Å². The van der Waals surface area contributed by atoms with Gasteiger partial charge in [-0.25, -0.2) is 0 Å². The van der Waals surface area contributed by atoms with Gasteiger partial charge in [0.25, 0.3) is 11.8 Å². The molecule has 0 N–H and O–H groups in total. The quantitative estimate of drug-likeness (QED) is 0.520. The van der Waals surface area contributed by atoms with Gasteiger partial charge in [0.2, 0.25) is 0 Å². The monoisotopic (exact) mass is 484 g/mol. The zero-order valence-electron chi connectivity index (χ0n) is 16.6. The summed E-state index contributed by atoms with van der Waals surface area (Å²) in [6, 6.07) is 9.50. The zero-order chi connectivity index (χ0) is 22.9. The molecule has 11 heteroatoms. The molecule has 0 bridgehead atoms. The molecule has 0 unspecified atom stereocenters. The van der Waals surface area contributed by atoms with E-state index in [4.69, 9.17) is 27.7 Å². The zero-order valence-corrected chi connectivity index (χ0v) is 18.1. The highest BCUT2D eigenvalue weighted by molar-refractivity contribution is 6.36. The Bertz CT molecular complexity index is 1130. The summed E-state index contributed by atoms with van der Waals surface area (Å²) in [6.07, 6.45) is -4.45. The van der Waals surface area contributed by atoms with Crippen molar-refractivity contribution in [1.82, 2.24) is 19.9 Å². The number of benzene rings is 2. The molecule has 2 aromatic carbocycles. The largest absolute Gasteiger partial charge is 0.416 e. The molecule has 0 radical (unpaired) electrons. The molecule has 1 aliphatic heterocycles. The molecule has 168 valence electrons. The van der Waals surface area contributed by atoms with E-state index in [9.17, 15) is 18.0 Å². The first kappa shape index (κ1) is 22.6. The summed E-state index contributed by atoms with van der Waals surface area (Å²) in [4.78, 5) is 20.7. The Hall–Kier alpha value is -2.62. The van der Waals surface area contributed by atoms with Crippen molar-refractivity contribution in [2.24, 2.45) is 0 Å². The smallest absolute Gasteiger partial charge is 0.336 e. The number of carbonyl (C=O) groups excluding carboxylic acids is 1. The summed E-state index contributed by atoms with van der Waals surface area (Å²) in [5.41, 5.74) is -0.182. The molecule has 4 rings (SSSR count). The van der Waals surface area contributed by atoms with E-state index in [0.717, 1.165) is 12.1 Å². The van der Waals surface area contributed by atoms with Gasteiger partial charge in [-0.1, -0.05) is 34.4 Å². The molecule has 32 heavy (non-hydrogen) atoms. The van der Waals surface area contributed by atoms with Gasteiger partial charge in [-0.2, -0.15) is 18.2 Å². The molecule has 6 nitrogen and oxygen atoms in total. The number of rotatable bonds is 4. The summed E-state index contributed by atoms with van der Waals surface area (Å²) in [7, 11) is 0. The van der Waals surface area contributed by atoms with Crippen molar-refractivity contribution >= 4 is 29.1 Å². The lowest BCUT2D eigenvalue weighted by Crippen LogP contribution is -2.48. The third kappa shape index (κ3) is 5.06. The molecule has 2 heterocycles. The van der Waals surface area contributed by atoms with Gasteiger partial charge in [-0.3, -0.25) is 9.69 Å². The van der Waals surface area contributed by atoms with Crippen molar-refractivity contribution < 1.29 is 22.5 Å². The van der Waals surface area contributed by atoms with Crippen LogP contribution in [0.5, 0.6) is 0 Å². The van der Waals surface area contributed by atoms with Crippen LogP contribution in [0.15, 0.2) is 47.0 Å². The first-order chi connectivity index (χ1) is 15.2. The Morgan fingerprint density at radius 1 is 1.06 bits per heavy atom. The maximum atomic E-state index is 12.9. The second-order valence-corrected chi connectivity index (χ2v) is 8.13. The molecule has 0 atom stereocenters. The van der Waals surface area contributed by atoms with Crippen molar-refractivity contribution in [3.8, 4) is 11.5 Å². The number of piperazine rings is 1. The average Bonchev–Trinajstić information content (AvgIpc) is 3.22. The number of hydrogen-bond acceptors (Lipinski definition) is 5. The summed E-state index contributed by atoms with van der Waals surface area (Å²) in [5, 5.41) is 4.64. The molecule has 1 aromatic heterocycles. The van der Waals surface area contributed by atoms with Crippen LogP contribution in [0.4, 0.5) is 13.2 Å². The Labute approximate surface area is 191 Å². The van der Waals surface area contributed by atoms with Gasteiger partial charge >= 0.3 is 6.18 Å². The van der Waals surface area contributed by atoms with Crippen LogP contribution in [0.1, 0.15) is 21.7 Å².